The van der Waals surface area contributed by atoms with Crippen molar-refractivity contribution in [1.82, 2.24) is 14.9 Å². The van der Waals surface area contributed by atoms with E-state index in [0.717, 1.165) is 30.9 Å². The number of imidazole rings is 1. The van der Waals surface area contributed by atoms with Gasteiger partial charge in [0.05, 0.1) is 17.1 Å². The number of para-hydroxylation sites is 2. The molecule has 4 nitrogen and oxygen atoms in total. The molecule has 1 aromatic carbocycles. The molecule has 0 amide bonds. The number of hydrogen-bond acceptors (Lipinski definition) is 3. The predicted octanol–water partition coefficient (Wildman–Crippen LogP) is 2.73. The standard InChI is InChI=1S/C16H25N3O/c1-4-19-15-8-6-5-7-14(15)18-16(19)13(3)17-11-12(2)9-10-20/h5-8,12-13,17,20H,4,9-11H2,1-3H3. The van der Waals surface area contributed by atoms with Gasteiger partial charge in [-0.25, -0.2) is 4.98 Å². The van der Waals surface area contributed by atoms with Crippen molar-refractivity contribution in [2.45, 2.75) is 39.8 Å². The van der Waals surface area contributed by atoms with Gasteiger partial charge < -0.3 is 15.0 Å². The maximum Gasteiger partial charge on any atom is 0.126 e. The normalized spacial score (nSPS) is 14.6. The van der Waals surface area contributed by atoms with Gasteiger partial charge in [0.25, 0.3) is 0 Å². The highest BCUT2D eigenvalue weighted by atomic mass is 16.3. The van der Waals surface area contributed by atoms with Crippen molar-refractivity contribution in [3.63, 3.8) is 0 Å². The molecule has 0 saturated heterocycles. The SMILES string of the molecule is CCn1c(C(C)NCC(C)CCO)nc2ccccc21. The Kier molecular flexibility index (Phi) is 5.15. The molecule has 110 valence electrons. The number of hydrogen-bond donors (Lipinski definition) is 2. The molecule has 0 bridgehead atoms. The van der Waals surface area contributed by atoms with E-state index in [4.69, 9.17) is 10.1 Å². The van der Waals surface area contributed by atoms with Gasteiger partial charge in [-0.1, -0.05) is 19.1 Å². The summed E-state index contributed by atoms with van der Waals surface area (Å²) < 4.78 is 2.27. The van der Waals surface area contributed by atoms with Gasteiger partial charge in [-0.3, -0.25) is 0 Å². The van der Waals surface area contributed by atoms with E-state index in [1.807, 2.05) is 6.07 Å². The third-order valence-electron chi connectivity index (χ3n) is 3.78. The number of nitrogens with one attached hydrogen (secondary N) is 1. The third-order valence-corrected chi connectivity index (χ3v) is 3.78. The lowest BCUT2D eigenvalue weighted by Crippen LogP contribution is -2.27. The zero-order valence-corrected chi connectivity index (χ0v) is 12.6. The molecule has 2 aromatic rings. The molecule has 0 aliphatic carbocycles. The molecule has 1 aromatic heterocycles. The van der Waals surface area contributed by atoms with E-state index >= 15 is 0 Å². The van der Waals surface area contributed by atoms with Crippen LogP contribution in [0.25, 0.3) is 11.0 Å². The number of benzene rings is 1. The molecular weight excluding hydrogens is 250 g/mol. The molecule has 2 atom stereocenters. The molecule has 0 saturated carbocycles. The van der Waals surface area contributed by atoms with Crippen molar-refractivity contribution in [2.24, 2.45) is 5.92 Å². The van der Waals surface area contributed by atoms with Gasteiger partial charge in [-0.2, -0.15) is 0 Å². The number of fused-ring (bicyclic) bond motifs is 1. The maximum atomic E-state index is 8.95. The Morgan fingerprint density at radius 1 is 1.30 bits per heavy atom. The molecule has 2 rings (SSSR count). The smallest absolute Gasteiger partial charge is 0.126 e. The Morgan fingerprint density at radius 2 is 2.05 bits per heavy atom. The van der Waals surface area contributed by atoms with Crippen LogP contribution in [0.2, 0.25) is 0 Å². The van der Waals surface area contributed by atoms with Crippen molar-refractivity contribution >= 4 is 11.0 Å². The second kappa shape index (κ2) is 6.86. The molecule has 0 radical (unpaired) electrons. The average molecular weight is 275 g/mol. The second-order valence-electron chi connectivity index (χ2n) is 5.45. The lowest BCUT2D eigenvalue weighted by molar-refractivity contribution is 0.258. The average Bonchev–Trinajstić information content (AvgIpc) is 2.83. The van der Waals surface area contributed by atoms with Crippen LogP contribution in [0, 0.1) is 5.92 Å². The van der Waals surface area contributed by atoms with Crippen LogP contribution in [0.4, 0.5) is 0 Å². The highest BCUT2D eigenvalue weighted by Crippen LogP contribution is 2.20. The summed E-state index contributed by atoms with van der Waals surface area (Å²) in [5, 5.41) is 12.5. The Hall–Kier alpha value is -1.39. The summed E-state index contributed by atoms with van der Waals surface area (Å²) in [5.74, 6) is 1.56. The Morgan fingerprint density at radius 3 is 2.75 bits per heavy atom. The zero-order valence-electron chi connectivity index (χ0n) is 12.6. The molecule has 0 spiro atoms. The number of aliphatic hydroxyl groups is 1. The molecule has 0 aliphatic heterocycles. The highest BCUT2D eigenvalue weighted by Gasteiger charge is 2.15. The van der Waals surface area contributed by atoms with Gasteiger partial charge in [0.2, 0.25) is 0 Å². The first-order valence-corrected chi connectivity index (χ1v) is 7.46. The van der Waals surface area contributed by atoms with Crippen LogP contribution in [0.5, 0.6) is 0 Å². The number of rotatable bonds is 7. The number of aromatic nitrogens is 2. The van der Waals surface area contributed by atoms with Crippen LogP contribution < -0.4 is 5.32 Å². The zero-order chi connectivity index (χ0) is 14.5. The van der Waals surface area contributed by atoms with E-state index in [2.05, 4.69) is 48.9 Å². The van der Waals surface area contributed by atoms with Gasteiger partial charge in [-0.05, 0) is 44.9 Å². The van der Waals surface area contributed by atoms with Crippen molar-refractivity contribution in [3.05, 3.63) is 30.1 Å². The summed E-state index contributed by atoms with van der Waals surface area (Å²) >= 11 is 0. The quantitative estimate of drug-likeness (QED) is 0.817. The molecule has 4 heteroatoms. The highest BCUT2D eigenvalue weighted by molar-refractivity contribution is 5.76. The topological polar surface area (TPSA) is 50.1 Å². The third kappa shape index (κ3) is 3.19. The van der Waals surface area contributed by atoms with E-state index in [-0.39, 0.29) is 12.6 Å². The summed E-state index contributed by atoms with van der Waals surface area (Å²) in [4.78, 5) is 4.76. The molecule has 1 heterocycles. The van der Waals surface area contributed by atoms with Gasteiger partial charge >= 0.3 is 0 Å². The first-order valence-electron chi connectivity index (χ1n) is 7.46. The van der Waals surface area contributed by atoms with Crippen molar-refractivity contribution in [3.8, 4) is 0 Å². The fourth-order valence-corrected chi connectivity index (χ4v) is 2.55. The molecular formula is C16H25N3O. The second-order valence-corrected chi connectivity index (χ2v) is 5.45. The van der Waals surface area contributed by atoms with Crippen LogP contribution in [-0.2, 0) is 6.54 Å². The van der Waals surface area contributed by atoms with Gasteiger partial charge in [0, 0.05) is 13.2 Å². The number of aliphatic hydroxyl groups excluding tert-OH is 1. The summed E-state index contributed by atoms with van der Waals surface area (Å²) in [5.41, 5.74) is 2.25. The fourth-order valence-electron chi connectivity index (χ4n) is 2.55. The first kappa shape index (κ1) is 15.0. The summed E-state index contributed by atoms with van der Waals surface area (Å²) in [6.07, 6.45) is 0.837. The monoisotopic (exact) mass is 275 g/mol. The number of aryl methyl sites for hydroxylation is 1. The fraction of sp³-hybridized carbons (Fsp3) is 0.562. The minimum atomic E-state index is 0.212. The molecule has 2 N–H and O–H groups in total. The Balaban J connectivity index is 2.15. The Bertz CT molecular complexity index is 550. The van der Waals surface area contributed by atoms with Crippen molar-refractivity contribution in [1.29, 1.82) is 0 Å². The van der Waals surface area contributed by atoms with E-state index in [1.54, 1.807) is 0 Å². The van der Waals surface area contributed by atoms with E-state index in [1.165, 1.54) is 5.52 Å². The van der Waals surface area contributed by atoms with Gasteiger partial charge in [0.1, 0.15) is 5.82 Å². The van der Waals surface area contributed by atoms with E-state index in [0.29, 0.717) is 5.92 Å². The van der Waals surface area contributed by atoms with Crippen LogP contribution in [0.1, 0.15) is 39.1 Å². The molecule has 0 fully saturated rings. The largest absolute Gasteiger partial charge is 0.396 e. The Labute approximate surface area is 120 Å². The van der Waals surface area contributed by atoms with Crippen LogP contribution in [0.3, 0.4) is 0 Å². The molecule has 0 aliphatic rings. The minimum Gasteiger partial charge on any atom is -0.396 e. The van der Waals surface area contributed by atoms with Crippen LogP contribution >= 0.6 is 0 Å². The van der Waals surface area contributed by atoms with Crippen LogP contribution in [0.15, 0.2) is 24.3 Å². The van der Waals surface area contributed by atoms with Crippen LogP contribution in [-0.4, -0.2) is 27.8 Å². The maximum absolute atomic E-state index is 8.95. The molecule has 20 heavy (non-hydrogen) atoms. The van der Waals surface area contributed by atoms with Crippen molar-refractivity contribution < 1.29 is 5.11 Å². The predicted molar refractivity (Wildman–Crippen MR) is 82.7 cm³/mol. The minimum absolute atomic E-state index is 0.212. The van der Waals surface area contributed by atoms with Gasteiger partial charge in [0.15, 0.2) is 0 Å². The number of nitrogens with zero attached hydrogens (tertiary/aromatic N) is 2. The van der Waals surface area contributed by atoms with E-state index in [9.17, 15) is 0 Å². The first-order chi connectivity index (χ1) is 9.67. The lowest BCUT2D eigenvalue weighted by Gasteiger charge is -2.18. The van der Waals surface area contributed by atoms with E-state index < -0.39 is 0 Å². The van der Waals surface area contributed by atoms with Gasteiger partial charge in [-0.15, -0.1) is 0 Å². The lowest BCUT2D eigenvalue weighted by atomic mass is 10.1. The molecule has 2 unspecified atom stereocenters. The summed E-state index contributed by atoms with van der Waals surface area (Å²) in [7, 11) is 0. The summed E-state index contributed by atoms with van der Waals surface area (Å²) in [6, 6.07) is 8.48. The van der Waals surface area contributed by atoms with Crippen molar-refractivity contribution in [2.75, 3.05) is 13.2 Å². The summed E-state index contributed by atoms with van der Waals surface area (Å²) in [6.45, 7) is 8.53.